The van der Waals surface area contributed by atoms with E-state index in [0.717, 1.165) is 0 Å². The lowest BCUT2D eigenvalue weighted by Gasteiger charge is -2.30. The molecule has 152 valence electrons. The first-order valence-electron chi connectivity index (χ1n) is 10.1. The number of aromatic nitrogens is 2. The Morgan fingerprint density at radius 3 is 2.59 bits per heavy atom. The third-order valence-corrected chi connectivity index (χ3v) is 6.17. The van der Waals surface area contributed by atoms with Crippen molar-refractivity contribution in [1.82, 2.24) is 19.8 Å². The van der Waals surface area contributed by atoms with Gasteiger partial charge in [0.15, 0.2) is 0 Å². The molecule has 1 aromatic carbocycles. The lowest BCUT2D eigenvalue weighted by Crippen LogP contribution is -2.37. The molecule has 2 aromatic rings. The summed E-state index contributed by atoms with van der Waals surface area (Å²) in [7, 11) is 0. The summed E-state index contributed by atoms with van der Waals surface area (Å²) in [5.41, 5.74) is 9.10. The van der Waals surface area contributed by atoms with E-state index >= 15 is 0 Å². The standard InChI is InChI=1S/C22H27N5O2/c1-4-19(28)27-11-15-10-26(21(29)18-9-14(3)24-22(23)25-18)12-17(15)20(27)16-8-6-5-7-13(16)2/h5-9,15,17,20H,4,10-12H2,1-3H3,(H2,23,24,25)/t15-,17-,20+/m0/s1. The molecule has 0 spiro atoms. The fourth-order valence-electron chi connectivity index (χ4n) is 4.85. The number of nitrogens with two attached hydrogens (primary N) is 1. The Kier molecular flexibility index (Phi) is 4.98. The first-order valence-corrected chi connectivity index (χ1v) is 10.1. The molecule has 2 amide bonds. The van der Waals surface area contributed by atoms with Crippen molar-refractivity contribution in [2.24, 2.45) is 11.8 Å². The van der Waals surface area contributed by atoms with Gasteiger partial charge in [-0.3, -0.25) is 9.59 Å². The molecule has 0 bridgehead atoms. The topological polar surface area (TPSA) is 92.4 Å². The van der Waals surface area contributed by atoms with E-state index in [9.17, 15) is 9.59 Å². The van der Waals surface area contributed by atoms with Crippen LogP contribution < -0.4 is 5.73 Å². The van der Waals surface area contributed by atoms with Crippen molar-refractivity contribution in [3.8, 4) is 0 Å². The maximum Gasteiger partial charge on any atom is 0.272 e. The van der Waals surface area contributed by atoms with Gasteiger partial charge in [-0.25, -0.2) is 9.97 Å². The van der Waals surface area contributed by atoms with E-state index in [1.807, 2.05) is 28.9 Å². The van der Waals surface area contributed by atoms with Gasteiger partial charge < -0.3 is 15.5 Å². The molecule has 3 heterocycles. The van der Waals surface area contributed by atoms with Crippen LogP contribution in [0.4, 0.5) is 5.95 Å². The van der Waals surface area contributed by atoms with Crippen molar-refractivity contribution in [2.45, 2.75) is 33.2 Å². The minimum atomic E-state index is -0.117. The van der Waals surface area contributed by atoms with Crippen LogP contribution in [0.25, 0.3) is 0 Å². The van der Waals surface area contributed by atoms with Gasteiger partial charge in [0.05, 0.1) is 6.04 Å². The monoisotopic (exact) mass is 393 g/mol. The van der Waals surface area contributed by atoms with Crippen LogP contribution in [-0.4, -0.2) is 51.2 Å². The van der Waals surface area contributed by atoms with E-state index in [4.69, 9.17) is 5.73 Å². The molecule has 0 aliphatic carbocycles. The summed E-state index contributed by atoms with van der Waals surface area (Å²) < 4.78 is 0. The molecule has 0 radical (unpaired) electrons. The molecule has 2 aliphatic rings. The third-order valence-electron chi connectivity index (χ3n) is 6.17. The summed E-state index contributed by atoms with van der Waals surface area (Å²) in [4.78, 5) is 37.8. The highest BCUT2D eigenvalue weighted by Gasteiger charge is 2.50. The Balaban J connectivity index is 1.62. The molecule has 1 aromatic heterocycles. The molecule has 7 nitrogen and oxygen atoms in total. The second kappa shape index (κ2) is 7.46. The lowest BCUT2D eigenvalue weighted by molar-refractivity contribution is -0.132. The molecule has 2 N–H and O–H groups in total. The van der Waals surface area contributed by atoms with E-state index in [1.54, 1.807) is 13.0 Å². The van der Waals surface area contributed by atoms with E-state index in [1.165, 1.54) is 11.1 Å². The smallest absolute Gasteiger partial charge is 0.272 e. The number of benzene rings is 1. The van der Waals surface area contributed by atoms with Gasteiger partial charge in [0.25, 0.3) is 5.91 Å². The molecule has 2 saturated heterocycles. The number of anilines is 1. The average molecular weight is 393 g/mol. The SMILES string of the molecule is CCC(=O)N1C[C@@H]2CN(C(=O)c3cc(C)nc(N)n3)C[C@@H]2[C@H]1c1ccccc1C. The first-order chi connectivity index (χ1) is 13.9. The van der Waals surface area contributed by atoms with Crippen LogP contribution in [0.5, 0.6) is 0 Å². The van der Waals surface area contributed by atoms with Crippen molar-refractivity contribution in [3.63, 3.8) is 0 Å². The highest BCUT2D eigenvalue weighted by atomic mass is 16.2. The van der Waals surface area contributed by atoms with E-state index in [2.05, 4.69) is 29.0 Å². The highest BCUT2D eigenvalue weighted by Crippen LogP contribution is 2.46. The van der Waals surface area contributed by atoms with Crippen LogP contribution in [0.2, 0.25) is 0 Å². The van der Waals surface area contributed by atoms with Crippen LogP contribution in [-0.2, 0) is 4.79 Å². The fourth-order valence-corrected chi connectivity index (χ4v) is 4.85. The maximum absolute atomic E-state index is 13.1. The van der Waals surface area contributed by atoms with Gasteiger partial charge in [-0.1, -0.05) is 31.2 Å². The maximum atomic E-state index is 13.1. The molecule has 2 fully saturated rings. The van der Waals surface area contributed by atoms with E-state index in [-0.39, 0.29) is 35.6 Å². The number of carbonyl (C=O) groups is 2. The van der Waals surface area contributed by atoms with Gasteiger partial charge in [-0.05, 0) is 31.0 Å². The van der Waals surface area contributed by atoms with Crippen LogP contribution in [0, 0.1) is 25.7 Å². The van der Waals surface area contributed by atoms with E-state index in [0.29, 0.717) is 37.4 Å². The quantitative estimate of drug-likeness (QED) is 0.864. The molecule has 4 rings (SSSR count). The average Bonchev–Trinajstić information content (AvgIpc) is 3.24. The Labute approximate surface area is 170 Å². The van der Waals surface area contributed by atoms with Crippen molar-refractivity contribution >= 4 is 17.8 Å². The van der Waals surface area contributed by atoms with Gasteiger partial charge in [-0.2, -0.15) is 0 Å². The van der Waals surface area contributed by atoms with Gasteiger partial charge in [0.1, 0.15) is 5.69 Å². The summed E-state index contributed by atoms with van der Waals surface area (Å²) in [6, 6.07) is 9.92. The number of nitrogen functional groups attached to an aromatic ring is 1. The number of fused-ring (bicyclic) bond motifs is 1. The number of nitrogens with zero attached hydrogens (tertiary/aromatic N) is 4. The van der Waals surface area contributed by atoms with Gasteiger partial charge in [-0.15, -0.1) is 0 Å². The molecular weight excluding hydrogens is 366 g/mol. The van der Waals surface area contributed by atoms with Crippen molar-refractivity contribution in [2.75, 3.05) is 25.4 Å². The summed E-state index contributed by atoms with van der Waals surface area (Å²) in [6.07, 6.45) is 0.490. The highest BCUT2D eigenvalue weighted by molar-refractivity contribution is 5.93. The number of likely N-dealkylation sites (tertiary alicyclic amines) is 2. The van der Waals surface area contributed by atoms with Gasteiger partial charge >= 0.3 is 0 Å². The second-order valence-corrected chi connectivity index (χ2v) is 8.09. The van der Waals surface area contributed by atoms with Crippen LogP contribution >= 0.6 is 0 Å². The first kappa shape index (κ1) is 19.4. The number of hydrogen-bond donors (Lipinski definition) is 1. The molecule has 0 saturated carbocycles. The minimum absolute atomic E-state index is 0.00338. The zero-order valence-corrected chi connectivity index (χ0v) is 17.1. The predicted molar refractivity (Wildman–Crippen MR) is 110 cm³/mol. The number of aryl methyl sites for hydroxylation is 2. The van der Waals surface area contributed by atoms with Crippen LogP contribution in [0.1, 0.15) is 46.7 Å². The molecular formula is C22H27N5O2. The van der Waals surface area contributed by atoms with Gasteiger partial charge in [0, 0.05) is 43.6 Å². The second-order valence-electron chi connectivity index (χ2n) is 8.09. The Morgan fingerprint density at radius 2 is 1.90 bits per heavy atom. The van der Waals surface area contributed by atoms with Crippen LogP contribution in [0.3, 0.4) is 0 Å². The normalized spacial score (nSPS) is 23.3. The largest absolute Gasteiger partial charge is 0.368 e. The summed E-state index contributed by atoms with van der Waals surface area (Å²) in [5, 5.41) is 0. The number of carbonyl (C=O) groups excluding carboxylic acids is 2. The molecule has 0 unspecified atom stereocenters. The number of hydrogen-bond acceptors (Lipinski definition) is 5. The van der Waals surface area contributed by atoms with Crippen molar-refractivity contribution in [3.05, 3.63) is 52.8 Å². The van der Waals surface area contributed by atoms with E-state index < -0.39 is 0 Å². The summed E-state index contributed by atoms with van der Waals surface area (Å²) in [5.74, 6) is 0.652. The Bertz CT molecular complexity index is 940. The molecule has 7 heteroatoms. The Hall–Kier alpha value is -2.96. The summed E-state index contributed by atoms with van der Waals surface area (Å²) >= 11 is 0. The van der Waals surface area contributed by atoms with Crippen LogP contribution in [0.15, 0.2) is 30.3 Å². The third kappa shape index (κ3) is 3.45. The number of rotatable bonds is 3. The Morgan fingerprint density at radius 1 is 1.14 bits per heavy atom. The lowest BCUT2D eigenvalue weighted by atomic mass is 9.87. The molecule has 29 heavy (non-hydrogen) atoms. The van der Waals surface area contributed by atoms with Crippen molar-refractivity contribution < 1.29 is 9.59 Å². The fraction of sp³-hybridized carbons (Fsp3) is 0.455. The predicted octanol–water partition coefficient (Wildman–Crippen LogP) is 2.36. The minimum Gasteiger partial charge on any atom is -0.368 e. The number of amides is 2. The van der Waals surface area contributed by atoms with Gasteiger partial charge in [0.2, 0.25) is 11.9 Å². The zero-order chi connectivity index (χ0) is 20.7. The van der Waals surface area contributed by atoms with Crippen molar-refractivity contribution in [1.29, 1.82) is 0 Å². The zero-order valence-electron chi connectivity index (χ0n) is 17.1. The molecule has 2 aliphatic heterocycles. The molecule has 3 atom stereocenters. The summed E-state index contributed by atoms with van der Waals surface area (Å²) in [6.45, 7) is 7.72.